The van der Waals surface area contributed by atoms with Crippen LogP contribution in [-0.4, -0.2) is 47.6 Å². The predicted octanol–water partition coefficient (Wildman–Crippen LogP) is 1.09. The summed E-state index contributed by atoms with van der Waals surface area (Å²) >= 11 is 0. The summed E-state index contributed by atoms with van der Waals surface area (Å²) in [5.74, 6) is -0.754. The molecule has 0 saturated carbocycles. The maximum Gasteiger partial charge on any atom is 0.311 e. The molecule has 1 rings (SSSR count). The highest BCUT2D eigenvalue weighted by Crippen LogP contribution is 2.29. The average Bonchev–Trinajstić information content (AvgIpc) is 2.28. The zero-order valence-electron chi connectivity index (χ0n) is 11.5. The standard InChI is InChI=1S/C13H24N2O3/c1-10(2)14-7-5-11(16)15-8-4-6-13(3,9-15)12(17)18/h10,14H,4-9H2,1-3H3,(H,17,18). The molecule has 0 radical (unpaired) electrons. The van der Waals surface area contributed by atoms with Gasteiger partial charge in [0.15, 0.2) is 0 Å². The van der Waals surface area contributed by atoms with Crippen molar-refractivity contribution in [1.29, 1.82) is 0 Å². The lowest BCUT2D eigenvalue weighted by Gasteiger charge is -2.37. The fraction of sp³-hybridized carbons (Fsp3) is 0.846. The van der Waals surface area contributed by atoms with Crippen LogP contribution in [0.15, 0.2) is 0 Å². The molecule has 1 fully saturated rings. The molecule has 18 heavy (non-hydrogen) atoms. The van der Waals surface area contributed by atoms with Gasteiger partial charge in [-0.05, 0) is 19.8 Å². The highest BCUT2D eigenvalue weighted by Gasteiger charge is 2.39. The molecule has 0 spiro atoms. The molecular weight excluding hydrogens is 232 g/mol. The van der Waals surface area contributed by atoms with Crippen molar-refractivity contribution < 1.29 is 14.7 Å². The van der Waals surface area contributed by atoms with E-state index in [9.17, 15) is 14.7 Å². The van der Waals surface area contributed by atoms with Crippen LogP contribution in [0.4, 0.5) is 0 Å². The first-order valence-corrected chi connectivity index (χ1v) is 6.60. The number of nitrogens with zero attached hydrogens (tertiary/aromatic N) is 1. The lowest BCUT2D eigenvalue weighted by atomic mass is 9.82. The summed E-state index contributed by atoms with van der Waals surface area (Å²) in [5.41, 5.74) is -0.778. The molecule has 0 bridgehead atoms. The molecule has 0 aromatic heterocycles. The summed E-state index contributed by atoms with van der Waals surface area (Å²) in [5, 5.41) is 12.4. The number of carboxylic acid groups (broad SMARTS) is 1. The number of likely N-dealkylation sites (tertiary alicyclic amines) is 1. The topological polar surface area (TPSA) is 69.6 Å². The lowest BCUT2D eigenvalue weighted by Crippen LogP contribution is -2.48. The van der Waals surface area contributed by atoms with Crippen LogP contribution in [0.25, 0.3) is 0 Å². The molecule has 1 saturated heterocycles. The number of aliphatic carboxylic acids is 1. The van der Waals surface area contributed by atoms with Gasteiger partial charge < -0.3 is 15.3 Å². The molecule has 0 aromatic carbocycles. The Morgan fingerprint density at radius 2 is 2.11 bits per heavy atom. The monoisotopic (exact) mass is 256 g/mol. The Balaban J connectivity index is 2.46. The zero-order chi connectivity index (χ0) is 13.8. The van der Waals surface area contributed by atoms with Crippen molar-refractivity contribution in [2.45, 2.75) is 46.1 Å². The summed E-state index contributed by atoms with van der Waals surface area (Å²) in [6.07, 6.45) is 1.86. The molecule has 104 valence electrons. The number of carbonyl (C=O) groups is 2. The van der Waals surface area contributed by atoms with Crippen molar-refractivity contribution in [2.24, 2.45) is 5.41 Å². The number of hydrogen-bond acceptors (Lipinski definition) is 3. The minimum absolute atomic E-state index is 0.0512. The molecule has 5 nitrogen and oxygen atoms in total. The minimum Gasteiger partial charge on any atom is -0.481 e. The Morgan fingerprint density at radius 1 is 1.44 bits per heavy atom. The number of piperidine rings is 1. The van der Waals surface area contributed by atoms with E-state index >= 15 is 0 Å². The number of carbonyl (C=O) groups excluding carboxylic acids is 1. The Bertz CT molecular complexity index is 317. The SMILES string of the molecule is CC(C)NCCC(=O)N1CCCC(C)(C(=O)O)C1. The van der Waals surface area contributed by atoms with Crippen LogP contribution in [0, 0.1) is 5.41 Å². The Labute approximate surface area is 109 Å². The first kappa shape index (κ1) is 15.0. The van der Waals surface area contributed by atoms with Gasteiger partial charge in [-0.1, -0.05) is 13.8 Å². The van der Waals surface area contributed by atoms with Gasteiger partial charge in [-0.2, -0.15) is 0 Å². The summed E-state index contributed by atoms with van der Waals surface area (Å²) < 4.78 is 0. The zero-order valence-corrected chi connectivity index (χ0v) is 11.5. The van der Waals surface area contributed by atoms with E-state index < -0.39 is 11.4 Å². The lowest BCUT2D eigenvalue weighted by molar-refractivity contribution is -0.153. The van der Waals surface area contributed by atoms with Gasteiger partial charge in [0.2, 0.25) is 5.91 Å². The number of carboxylic acids is 1. The smallest absolute Gasteiger partial charge is 0.311 e. The van der Waals surface area contributed by atoms with Crippen molar-refractivity contribution in [3.63, 3.8) is 0 Å². The average molecular weight is 256 g/mol. The molecule has 0 aromatic rings. The fourth-order valence-corrected chi connectivity index (χ4v) is 2.25. The molecule has 1 heterocycles. The third-order valence-corrected chi connectivity index (χ3v) is 3.46. The highest BCUT2D eigenvalue weighted by atomic mass is 16.4. The maximum absolute atomic E-state index is 12.0. The van der Waals surface area contributed by atoms with E-state index in [-0.39, 0.29) is 5.91 Å². The van der Waals surface area contributed by atoms with Gasteiger partial charge in [-0.3, -0.25) is 9.59 Å². The van der Waals surface area contributed by atoms with Gasteiger partial charge in [0.1, 0.15) is 0 Å². The van der Waals surface area contributed by atoms with Gasteiger partial charge in [0.25, 0.3) is 0 Å². The molecule has 0 aliphatic carbocycles. The quantitative estimate of drug-likeness (QED) is 0.772. The first-order valence-electron chi connectivity index (χ1n) is 6.60. The van der Waals surface area contributed by atoms with Crippen molar-refractivity contribution >= 4 is 11.9 Å². The third-order valence-electron chi connectivity index (χ3n) is 3.46. The highest BCUT2D eigenvalue weighted by molar-refractivity contribution is 5.79. The summed E-state index contributed by atoms with van der Waals surface area (Å²) in [6.45, 7) is 7.46. The molecular formula is C13H24N2O3. The Hall–Kier alpha value is -1.10. The van der Waals surface area contributed by atoms with Crippen molar-refractivity contribution in [3.05, 3.63) is 0 Å². The van der Waals surface area contributed by atoms with Gasteiger partial charge in [0.05, 0.1) is 5.41 Å². The Kier molecular flexibility index (Phi) is 5.14. The minimum atomic E-state index is -0.805. The van der Waals surface area contributed by atoms with Gasteiger partial charge in [0, 0.05) is 32.1 Å². The van der Waals surface area contributed by atoms with E-state index in [2.05, 4.69) is 5.32 Å². The number of nitrogens with one attached hydrogen (secondary N) is 1. The van der Waals surface area contributed by atoms with Crippen LogP contribution in [0.5, 0.6) is 0 Å². The van der Waals surface area contributed by atoms with E-state index in [1.807, 2.05) is 13.8 Å². The van der Waals surface area contributed by atoms with Crippen LogP contribution in [0.1, 0.15) is 40.0 Å². The third kappa shape index (κ3) is 3.98. The van der Waals surface area contributed by atoms with Crippen molar-refractivity contribution in [2.75, 3.05) is 19.6 Å². The molecule has 1 unspecified atom stereocenters. The van der Waals surface area contributed by atoms with Crippen LogP contribution >= 0.6 is 0 Å². The maximum atomic E-state index is 12.0. The van der Waals surface area contributed by atoms with Crippen molar-refractivity contribution in [3.8, 4) is 0 Å². The molecule has 1 amide bonds. The van der Waals surface area contributed by atoms with Crippen LogP contribution in [0.2, 0.25) is 0 Å². The molecule has 1 aliphatic heterocycles. The van der Waals surface area contributed by atoms with Gasteiger partial charge in [-0.25, -0.2) is 0 Å². The van der Waals surface area contributed by atoms with E-state index in [1.54, 1.807) is 11.8 Å². The fourth-order valence-electron chi connectivity index (χ4n) is 2.25. The number of rotatable bonds is 5. The van der Waals surface area contributed by atoms with Gasteiger partial charge in [-0.15, -0.1) is 0 Å². The summed E-state index contributed by atoms with van der Waals surface area (Å²) in [7, 11) is 0. The number of amides is 1. The number of hydrogen-bond donors (Lipinski definition) is 2. The van der Waals surface area contributed by atoms with Crippen molar-refractivity contribution in [1.82, 2.24) is 10.2 Å². The van der Waals surface area contributed by atoms with E-state index in [0.717, 1.165) is 6.42 Å². The van der Waals surface area contributed by atoms with Gasteiger partial charge >= 0.3 is 5.97 Å². The normalized spacial score (nSPS) is 24.3. The largest absolute Gasteiger partial charge is 0.481 e. The van der Waals surface area contributed by atoms with E-state index in [4.69, 9.17) is 0 Å². The molecule has 2 N–H and O–H groups in total. The molecule has 1 aliphatic rings. The molecule has 1 atom stereocenters. The predicted molar refractivity (Wildman–Crippen MR) is 69.3 cm³/mol. The second kappa shape index (κ2) is 6.18. The van der Waals surface area contributed by atoms with Crippen LogP contribution < -0.4 is 5.32 Å². The second-order valence-electron chi connectivity index (χ2n) is 5.64. The van der Waals surface area contributed by atoms with Crippen LogP contribution in [0.3, 0.4) is 0 Å². The second-order valence-corrected chi connectivity index (χ2v) is 5.64. The summed E-state index contributed by atoms with van der Waals surface area (Å²) in [4.78, 5) is 24.9. The Morgan fingerprint density at radius 3 is 2.67 bits per heavy atom. The molecule has 5 heteroatoms. The van der Waals surface area contributed by atoms with E-state index in [1.165, 1.54) is 0 Å². The van der Waals surface area contributed by atoms with E-state index in [0.29, 0.717) is 38.5 Å². The first-order chi connectivity index (χ1) is 8.35. The summed E-state index contributed by atoms with van der Waals surface area (Å²) in [6, 6.07) is 0.364. The van der Waals surface area contributed by atoms with Crippen LogP contribution in [-0.2, 0) is 9.59 Å².